The number of rotatable bonds is 6. The van der Waals surface area contributed by atoms with Gasteiger partial charge in [-0.05, 0) is 128 Å². The zero-order valence-electron chi connectivity index (χ0n) is 31.7. The van der Waals surface area contributed by atoms with E-state index >= 15 is 0 Å². The van der Waals surface area contributed by atoms with Gasteiger partial charge in [0.05, 0.1) is 22.2 Å². The first-order valence-electron chi connectivity index (χ1n) is 19.7. The van der Waals surface area contributed by atoms with Gasteiger partial charge in [-0.3, -0.25) is 0 Å². The molecule has 2 aromatic heterocycles. The fourth-order valence-corrected chi connectivity index (χ4v) is 9.25. The fraction of sp³-hybridized carbons (Fsp3) is 0.0182. The first-order chi connectivity index (χ1) is 28.2. The van der Waals surface area contributed by atoms with Crippen molar-refractivity contribution in [3.8, 4) is 33.6 Å². The molecule has 0 amide bonds. The average molecular weight is 727 g/mol. The Bertz CT molecular complexity index is 3390. The predicted molar refractivity (Wildman–Crippen MR) is 246 cm³/mol. The highest BCUT2D eigenvalue weighted by Gasteiger charge is 2.19. The van der Waals surface area contributed by atoms with Gasteiger partial charge in [0.2, 0.25) is 0 Å². The fourth-order valence-electron chi connectivity index (χ4n) is 9.25. The molecule has 2 heterocycles. The molecule has 268 valence electrons. The number of benzene rings is 9. The largest absolute Gasteiger partial charge is 0.309 e. The lowest BCUT2D eigenvalue weighted by molar-refractivity contribution is 1.10. The SMILES string of the molecule is C=Cc1c(/C=C\C)n(-c2ccccc2)c2ccc(-n3c4ccccc4c4cc(-c5cccc(-c6ccc7c8ccccc8c8ccccc8c7c6)c5)ccc43)cc12. The van der Waals surface area contributed by atoms with Crippen LogP contribution < -0.4 is 0 Å². The van der Waals surface area contributed by atoms with Crippen molar-refractivity contribution < 1.29 is 0 Å². The van der Waals surface area contributed by atoms with Crippen molar-refractivity contribution >= 4 is 77.2 Å². The van der Waals surface area contributed by atoms with Gasteiger partial charge in [0.1, 0.15) is 0 Å². The van der Waals surface area contributed by atoms with Gasteiger partial charge in [0.15, 0.2) is 0 Å². The summed E-state index contributed by atoms with van der Waals surface area (Å²) in [5, 5.41) is 11.4. The van der Waals surface area contributed by atoms with E-state index in [1.807, 2.05) is 6.08 Å². The summed E-state index contributed by atoms with van der Waals surface area (Å²) < 4.78 is 4.75. The number of fused-ring (bicyclic) bond motifs is 10. The Kier molecular flexibility index (Phi) is 7.58. The van der Waals surface area contributed by atoms with Crippen LogP contribution in [-0.2, 0) is 0 Å². The van der Waals surface area contributed by atoms with E-state index in [-0.39, 0.29) is 0 Å². The Hall–Kier alpha value is -7.42. The van der Waals surface area contributed by atoms with E-state index in [1.165, 1.54) is 81.8 Å². The second-order valence-electron chi connectivity index (χ2n) is 14.9. The summed E-state index contributed by atoms with van der Waals surface area (Å²) in [6.07, 6.45) is 6.28. The maximum absolute atomic E-state index is 4.27. The third kappa shape index (κ3) is 5.11. The van der Waals surface area contributed by atoms with Crippen molar-refractivity contribution in [1.29, 1.82) is 0 Å². The number of aromatic nitrogens is 2. The first kappa shape index (κ1) is 33.0. The van der Waals surface area contributed by atoms with E-state index in [2.05, 4.69) is 217 Å². The minimum Gasteiger partial charge on any atom is -0.309 e. The van der Waals surface area contributed by atoms with Gasteiger partial charge in [-0.1, -0.05) is 140 Å². The number of nitrogens with zero attached hydrogens (tertiary/aromatic N) is 2. The summed E-state index contributed by atoms with van der Waals surface area (Å²) in [6, 6.07) is 66.7. The van der Waals surface area contributed by atoms with Crippen LogP contribution in [0.5, 0.6) is 0 Å². The highest BCUT2D eigenvalue weighted by atomic mass is 15.0. The normalized spacial score (nSPS) is 11.9. The standard InChI is InChI=1S/C55H38N2/c1-3-15-52-42(4-2)51-35-41(28-31-55(51)56(52)40-18-6-5-7-19-40)57-53-25-13-12-24-48(53)50-34-39(27-30-54(50)57)37-17-14-16-36(32-37)38-26-29-47-45-22-9-8-20-43(45)44-21-10-11-23-46(44)49(47)33-38/h3-35H,2H2,1H3/b15-3-. The monoisotopic (exact) mass is 726 g/mol. The maximum Gasteiger partial charge on any atom is 0.0542 e. The van der Waals surface area contributed by atoms with Crippen molar-refractivity contribution in [1.82, 2.24) is 9.13 Å². The van der Waals surface area contributed by atoms with E-state index in [1.54, 1.807) is 0 Å². The first-order valence-corrected chi connectivity index (χ1v) is 19.7. The zero-order valence-corrected chi connectivity index (χ0v) is 31.7. The van der Waals surface area contributed by atoms with Crippen molar-refractivity contribution in [2.75, 3.05) is 0 Å². The van der Waals surface area contributed by atoms with Crippen LogP contribution in [0.3, 0.4) is 0 Å². The van der Waals surface area contributed by atoms with E-state index in [4.69, 9.17) is 0 Å². The predicted octanol–water partition coefficient (Wildman–Crippen LogP) is 15.2. The number of hydrogen-bond acceptors (Lipinski definition) is 0. The zero-order chi connectivity index (χ0) is 38.0. The number of para-hydroxylation sites is 2. The highest BCUT2D eigenvalue weighted by molar-refractivity contribution is 6.25. The summed E-state index contributed by atoms with van der Waals surface area (Å²) in [5.41, 5.74) is 12.9. The molecule has 0 fully saturated rings. The smallest absolute Gasteiger partial charge is 0.0542 e. The number of allylic oxidation sites excluding steroid dienone is 1. The van der Waals surface area contributed by atoms with E-state index in [9.17, 15) is 0 Å². The summed E-state index contributed by atoms with van der Waals surface area (Å²) >= 11 is 0. The summed E-state index contributed by atoms with van der Waals surface area (Å²) in [4.78, 5) is 0. The van der Waals surface area contributed by atoms with Crippen LogP contribution in [0.25, 0.3) is 111 Å². The van der Waals surface area contributed by atoms with Gasteiger partial charge in [0, 0.05) is 33.1 Å². The summed E-state index contributed by atoms with van der Waals surface area (Å²) in [6.45, 7) is 6.34. The van der Waals surface area contributed by atoms with Crippen molar-refractivity contribution in [2.45, 2.75) is 6.92 Å². The minimum absolute atomic E-state index is 1.13. The van der Waals surface area contributed by atoms with E-state index in [0.717, 1.165) is 28.1 Å². The van der Waals surface area contributed by atoms with E-state index < -0.39 is 0 Å². The Morgan fingerprint density at radius 2 is 0.895 bits per heavy atom. The minimum atomic E-state index is 1.13. The van der Waals surface area contributed by atoms with Crippen LogP contribution in [0.2, 0.25) is 0 Å². The second-order valence-corrected chi connectivity index (χ2v) is 14.9. The van der Waals surface area contributed by atoms with Gasteiger partial charge < -0.3 is 9.13 Å². The Morgan fingerprint density at radius 3 is 1.58 bits per heavy atom. The quantitative estimate of drug-likeness (QED) is 0.151. The molecule has 0 saturated carbocycles. The van der Waals surface area contributed by atoms with Crippen molar-refractivity contribution in [3.63, 3.8) is 0 Å². The molecule has 57 heavy (non-hydrogen) atoms. The molecule has 0 atom stereocenters. The van der Waals surface area contributed by atoms with E-state index in [0.29, 0.717) is 0 Å². The molecule has 0 bridgehead atoms. The summed E-state index contributed by atoms with van der Waals surface area (Å²) in [7, 11) is 0. The molecule has 0 N–H and O–H groups in total. The third-order valence-electron chi connectivity index (χ3n) is 11.8. The topological polar surface area (TPSA) is 9.86 Å². The van der Waals surface area contributed by atoms with Crippen LogP contribution in [0.15, 0.2) is 195 Å². The molecule has 0 aliphatic carbocycles. The summed E-state index contributed by atoms with van der Waals surface area (Å²) in [5.74, 6) is 0. The molecule has 0 spiro atoms. The molecule has 11 rings (SSSR count). The molecule has 0 radical (unpaired) electrons. The molecule has 0 aliphatic heterocycles. The molecule has 9 aromatic carbocycles. The van der Waals surface area contributed by atoms with Gasteiger partial charge in [-0.15, -0.1) is 0 Å². The van der Waals surface area contributed by atoms with Crippen LogP contribution in [-0.4, -0.2) is 9.13 Å². The van der Waals surface area contributed by atoms with Crippen LogP contribution in [0, 0.1) is 0 Å². The van der Waals surface area contributed by atoms with Crippen molar-refractivity contribution in [2.24, 2.45) is 0 Å². The third-order valence-corrected chi connectivity index (χ3v) is 11.8. The molecule has 2 nitrogen and oxygen atoms in total. The average Bonchev–Trinajstić information content (AvgIpc) is 3.78. The van der Waals surface area contributed by atoms with Crippen LogP contribution in [0.4, 0.5) is 0 Å². The molecule has 11 aromatic rings. The molecule has 0 saturated heterocycles. The van der Waals surface area contributed by atoms with Crippen LogP contribution in [0.1, 0.15) is 18.2 Å². The van der Waals surface area contributed by atoms with Crippen LogP contribution >= 0.6 is 0 Å². The molecular formula is C55H38N2. The lowest BCUT2D eigenvalue weighted by Gasteiger charge is -2.13. The lowest BCUT2D eigenvalue weighted by Crippen LogP contribution is -1.97. The van der Waals surface area contributed by atoms with Gasteiger partial charge in [0.25, 0.3) is 0 Å². The molecule has 2 heteroatoms. The molecular weight excluding hydrogens is 689 g/mol. The maximum atomic E-state index is 4.27. The molecule has 0 aliphatic rings. The van der Waals surface area contributed by atoms with Gasteiger partial charge in [-0.25, -0.2) is 0 Å². The lowest BCUT2D eigenvalue weighted by atomic mass is 9.91. The Labute approximate surface area is 331 Å². The second kappa shape index (κ2) is 13.1. The molecule has 0 unspecified atom stereocenters. The van der Waals surface area contributed by atoms with Gasteiger partial charge in [-0.2, -0.15) is 0 Å². The highest BCUT2D eigenvalue weighted by Crippen LogP contribution is 2.40. The Morgan fingerprint density at radius 1 is 0.368 bits per heavy atom. The number of hydrogen-bond donors (Lipinski definition) is 0. The van der Waals surface area contributed by atoms with Gasteiger partial charge >= 0.3 is 0 Å². The van der Waals surface area contributed by atoms with Crippen molar-refractivity contribution in [3.05, 3.63) is 206 Å². The Balaban J connectivity index is 1.05.